The van der Waals surface area contributed by atoms with Crippen LogP contribution in [-0.2, 0) is 11.2 Å². The van der Waals surface area contributed by atoms with Crippen LogP contribution in [0.5, 0.6) is 0 Å². The van der Waals surface area contributed by atoms with Crippen molar-refractivity contribution in [3.05, 3.63) is 29.8 Å². The van der Waals surface area contributed by atoms with Gasteiger partial charge < -0.3 is 5.32 Å². The fraction of sp³-hybridized carbons (Fsp3) is 0.550. The predicted octanol–water partition coefficient (Wildman–Crippen LogP) is 4.07. The van der Waals surface area contributed by atoms with Crippen molar-refractivity contribution in [1.29, 1.82) is 0 Å². The van der Waals surface area contributed by atoms with Crippen molar-refractivity contribution < 1.29 is 4.79 Å². The third-order valence-corrected chi connectivity index (χ3v) is 6.33. The van der Waals surface area contributed by atoms with E-state index in [1.807, 2.05) is 12.1 Å². The Labute approximate surface area is 159 Å². The number of hydrogen-bond acceptors (Lipinski definition) is 4. The van der Waals surface area contributed by atoms with Gasteiger partial charge in [0.15, 0.2) is 5.82 Å². The third kappa shape index (κ3) is 4.67. The molecule has 3 rings (SSSR count). The lowest BCUT2D eigenvalue weighted by Crippen LogP contribution is -2.44. The summed E-state index contributed by atoms with van der Waals surface area (Å²) in [6.07, 6.45) is 4.57. The molecule has 5 nitrogen and oxygen atoms in total. The van der Waals surface area contributed by atoms with E-state index in [0.29, 0.717) is 28.8 Å². The maximum atomic E-state index is 12.3. The molecule has 0 bridgehead atoms. The minimum absolute atomic E-state index is 0.0691. The number of H-pyrrole nitrogens is 1. The highest BCUT2D eigenvalue weighted by Crippen LogP contribution is 2.29. The van der Waals surface area contributed by atoms with Crippen LogP contribution in [0, 0.1) is 11.8 Å². The zero-order valence-corrected chi connectivity index (χ0v) is 16.6. The summed E-state index contributed by atoms with van der Waals surface area (Å²) < 4.78 is 0. The minimum atomic E-state index is 0.0691. The van der Waals surface area contributed by atoms with Crippen molar-refractivity contribution in [2.75, 3.05) is 5.75 Å². The van der Waals surface area contributed by atoms with Gasteiger partial charge in [-0.1, -0.05) is 69.6 Å². The van der Waals surface area contributed by atoms with Gasteiger partial charge in [-0.05, 0) is 30.2 Å². The van der Waals surface area contributed by atoms with Gasteiger partial charge in [-0.2, -0.15) is 0 Å². The topological polar surface area (TPSA) is 70.7 Å². The van der Waals surface area contributed by atoms with E-state index in [4.69, 9.17) is 0 Å². The Bertz CT molecular complexity index is 728. The fourth-order valence-corrected chi connectivity index (χ4v) is 4.11. The molecule has 140 valence electrons. The van der Waals surface area contributed by atoms with Gasteiger partial charge in [-0.25, -0.2) is 4.98 Å². The van der Waals surface area contributed by atoms with Crippen LogP contribution in [-0.4, -0.2) is 32.9 Å². The van der Waals surface area contributed by atoms with Crippen molar-refractivity contribution in [3.8, 4) is 11.4 Å². The molecule has 1 amide bonds. The van der Waals surface area contributed by atoms with Gasteiger partial charge in [0.05, 0.1) is 5.75 Å². The average molecular weight is 373 g/mol. The summed E-state index contributed by atoms with van der Waals surface area (Å²) in [6.45, 7) is 6.66. The average Bonchev–Trinajstić information content (AvgIpc) is 3.13. The number of nitrogens with zero attached hydrogens (tertiary/aromatic N) is 2. The molecule has 1 fully saturated rings. The molecule has 0 aliphatic heterocycles. The number of rotatable bonds is 6. The molecule has 26 heavy (non-hydrogen) atoms. The van der Waals surface area contributed by atoms with Gasteiger partial charge >= 0.3 is 0 Å². The molecule has 0 unspecified atom stereocenters. The van der Waals surface area contributed by atoms with Gasteiger partial charge in [0.2, 0.25) is 11.1 Å². The summed E-state index contributed by atoms with van der Waals surface area (Å²) in [5.74, 6) is 2.38. The molecule has 0 saturated heterocycles. The van der Waals surface area contributed by atoms with E-state index in [2.05, 4.69) is 53.4 Å². The van der Waals surface area contributed by atoms with Crippen LogP contribution in [0.1, 0.15) is 45.6 Å². The van der Waals surface area contributed by atoms with Crippen LogP contribution in [0.4, 0.5) is 0 Å². The first-order valence-electron chi connectivity index (χ1n) is 9.50. The van der Waals surface area contributed by atoms with Crippen LogP contribution in [0.2, 0.25) is 0 Å². The summed E-state index contributed by atoms with van der Waals surface area (Å²) in [4.78, 5) is 16.8. The Morgan fingerprint density at radius 2 is 2.04 bits per heavy atom. The van der Waals surface area contributed by atoms with Gasteiger partial charge in [-0.15, -0.1) is 5.10 Å². The number of aryl methyl sites for hydroxylation is 1. The summed E-state index contributed by atoms with van der Waals surface area (Å²) in [5, 5.41) is 11.0. The number of amides is 1. The number of hydrogen-bond donors (Lipinski definition) is 2. The lowest BCUT2D eigenvalue weighted by atomic mass is 9.78. The van der Waals surface area contributed by atoms with Gasteiger partial charge in [0, 0.05) is 11.6 Å². The van der Waals surface area contributed by atoms with Crippen molar-refractivity contribution in [3.63, 3.8) is 0 Å². The highest BCUT2D eigenvalue weighted by Gasteiger charge is 2.28. The van der Waals surface area contributed by atoms with Crippen LogP contribution in [0.15, 0.2) is 29.4 Å². The molecule has 0 radical (unpaired) electrons. The number of aromatic amines is 1. The minimum Gasteiger partial charge on any atom is -0.352 e. The largest absolute Gasteiger partial charge is 0.352 e. The number of carbonyl (C=O) groups is 1. The second-order valence-corrected chi connectivity index (χ2v) is 8.19. The molecule has 0 spiro atoms. The number of thioether (sulfide) groups is 1. The molecule has 2 N–H and O–H groups in total. The molecular formula is C20H28N4OS. The van der Waals surface area contributed by atoms with E-state index in [9.17, 15) is 4.79 Å². The van der Waals surface area contributed by atoms with Crippen molar-refractivity contribution >= 4 is 17.7 Å². The molecule has 3 atom stereocenters. The second kappa shape index (κ2) is 8.71. The van der Waals surface area contributed by atoms with E-state index >= 15 is 0 Å². The van der Waals surface area contributed by atoms with Gasteiger partial charge in [0.25, 0.3) is 0 Å². The molecule has 1 heterocycles. The highest BCUT2D eigenvalue weighted by atomic mass is 32.2. The summed E-state index contributed by atoms with van der Waals surface area (Å²) in [7, 11) is 0. The summed E-state index contributed by atoms with van der Waals surface area (Å²) in [5.41, 5.74) is 2.31. The van der Waals surface area contributed by atoms with Crippen molar-refractivity contribution in [2.24, 2.45) is 11.8 Å². The quantitative estimate of drug-likeness (QED) is 0.750. The third-order valence-electron chi connectivity index (χ3n) is 5.49. The standard InChI is InChI=1S/C20H28N4OS/c1-4-15-8-10-16(11-9-15)19-22-20(24-23-19)26-12-18(25)21-17-7-5-6-13(2)14(17)3/h8-11,13-14,17H,4-7,12H2,1-3H3,(H,21,25)(H,22,23,24)/t13-,14+,17-/m1/s1. The fourth-order valence-electron chi connectivity index (χ4n) is 3.50. The smallest absolute Gasteiger partial charge is 0.230 e. The number of aromatic nitrogens is 3. The lowest BCUT2D eigenvalue weighted by Gasteiger charge is -2.34. The van der Waals surface area contributed by atoms with E-state index in [1.54, 1.807) is 0 Å². The summed E-state index contributed by atoms with van der Waals surface area (Å²) in [6, 6.07) is 8.60. The Morgan fingerprint density at radius 3 is 2.77 bits per heavy atom. The molecule has 1 aliphatic rings. The number of carbonyl (C=O) groups excluding carboxylic acids is 1. The highest BCUT2D eigenvalue weighted by molar-refractivity contribution is 7.99. The van der Waals surface area contributed by atoms with Crippen molar-refractivity contribution in [2.45, 2.75) is 57.7 Å². The first-order chi connectivity index (χ1) is 12.6. The van der Waals surface area contributed by atoms with Crippen LogP contribution >= 0.6 is 11.8 Å². The zero-order valence-electron chi connectivity index (χ0n) is 15.8. The SMILES string of the molecule is CCc1ccc(-c2nc(SCC(=O)N[C@@H]3CCC[C@@H](C)[C@@H]3C)n[nH]2)cc1. The summed E-state index contributed by atoms with van der Waals surface area (Å²) >= 11 is 1.38. The Hall–Kier alpha value is -1.82. The Kier molecular flexibility index (Phi) is 6.35. The Balaban J connectivity index is 1.51. The molecule has 1 saturated carbocycles. The molecule has 6 heteroatoms. The lowest BCUT2D eigenvalue weighted by molar-refractivity contribution is -0.120. The van der Waals surface area contributed by atoms with Gasteiger partial charge in [-0.3, -0.25) is 9.89 Å². The van der Waals surface area contributed by atoms with E-state index in [1.165, 1.54) is 30.2 Å². The molecule has 2 aromatic rings. The second-order valence-electron chi connectivity index (χ2n) is 7.25. The van der Waals surface area contributed by atoms with E-state index in [-0.39, 0.29) is 5.91 Å². The molecule has 1 aromatic carbocycles. The predicted molar refractivity (Wildman–Crippen MR) is 106 cm³/mol. The van der Waals surface area contributed by atoms with Crippen LogP contribution in [0.25, 0.3) is 11.4 Å². The van der Waals surface area contributed by atoms with E-state index < -0.39 is 0 Å². The maximum Gasteiger partial charge on any atom is 0.230 e. The van der Waals surface area contributed by atoms with Gasteiger partial charge in [0.1, 0.15) is 0 Å². The molecule has 1 aliphatic carbocycles. The number of benzene rings is 1. The normalized spacial score (nSPS) is 23.0. The first kappa shape index (κ1) is 19.0. The molecular weight excluding hydrogens is 344 g/mol. The monoisotopic (exact) mass is 372 g/mol. The van der Waals surface area contributed by atoms with Crippen molar-refractivity contribution in [1.82, 2.24) is 20.5 Å². The Morgan fingerprint density at radius 1 is 1.27 bits per heavy atom. The van der Waals surface area contributed by atoms with Crippen LogP contribution < -0.4 is 5.32 Å². The van der Waals surface area contributed by atoms with Crippen LogP contribution in [0.3, 0.4) is 0 Å². The first-order valence-corrected chi connectivity index (χ1v) is 10.5. The van der Waals surface area contributed by atoms with E-state index in [0.717, 1.165) is 24.2 Å². The number of nitrogens with one attached hydrogen (secondary N) is 2. The maximum absolute atomic E-state index is 12.3. The zero-order chi connectivity index (χ0) is 18.5. The molecule has 1 aromatic heterocycles.